The predicted molar refractivity (Wildman–Crippen MR) is 84.1 cm³/mol. The van der Waals surface area contributed by atoms with E-state index in [1.807, 2.05) is 0 Å². The number of hydrogen-bond donors (Lipinski definition) is 1. The molecule has 5 nitrogen and oxygen atoms in total. The van der Waals surface area contributed by atoms with E-state index in [2.05, 4.69) is 5.32 Å². The molecule has 6 heteroatoms. The Hall–Kier alpha value is -2.89. The molecular weight excluding hydrogens is 299 g/mol. The molecule has 3 rings (SSSR count). The van der Waals surface area contributed by atoms with Gasteiger partial charge in [-0.3, -0.25) is 9.59 Å². The summed E-state index contributed by atoms with van der Waals surface area (Å²) in [5.41, 5.74) is 1.94. The summed E-state index contributed by atoms with van der Waals surface area (Å²) in [6.07, 6.45) is 0.146. The molecule has 0 unspecified atom stereocenters. The molecule has 0 fully saturated rings. The summed E-state index contributed by atoms with van der Waals surface area (Å²) < 4.78 is 18.2. The fraction of sp³-hybridized carbons (Fsp3) is 0.176. The van der Waals surface area contributed by atoms with Crippen molar-refractivity contribution in [2.75, 3.05) is 23.9 Å². The van der Waals surface area contributed by atoms with Gasteiger partial charge in [0.05, 0.1) is 12.1 Å². The standard InChI is InChI=1S/C17H15FN2O3/c1-20-14-8-11(2-7-15(14)23-10-17(20)22)9-16(21)19-13-5-3-12(18)4-6-13/h2-8H,9-10H2,1H3,(H,19,21). The Kier molecular flexibility index (Phi) is 3.97. The van der Waals surface area contributed by atoms with Crippen LogP contribution >= 0.6 is 0 Å². The lowest BCUT2D eigenvalue weighted by molar-refractivity contribution is -0.121. The number of halogens is 1. The highest BCUT2D eigenvalue weighted by Gasteiger charge is 2.22. The lowest BCUT2D eigenvalue weighted by Gasteiger charge is -2.26. The van der Waals surface area contributed by atoms with Gasteiger partial charge in [-0.1, -0.05) is 6.07 Å². The number of amides is 2. The van der Waals surface area contributed by atoms with Crippen molar-refractivity contribution in [3.63, 3.8) is 0 Å². The average Bonchev–Trinajstić information content (AvgIpc) is 2.53. The molecular formula is C17H15FN2O3. The van der Waals surface area contributed by atoms with Crippen molar-refractivity contribution in [3.8, 4) is 5.75 Å². The van der Waals surface area contributed by atoms with Crippen LogP contribution in [0.25, 0.3) is 0 Å². The molecule has 2 amide bonds. The van der Waals surface area contributed by atoms with Gasteiger partial charge in [0.15, 0.2) is 6.61 Å². The van der Waals surface area contributed by atoms with Crippen molar-refractivity contribution in [2.24, 2.45) is 0 Å². The van der Waals surface area contributed by atoms with Crippen molar-refractivity contribution >= 4 is 23.2 Å². The van der Waals surface area contributed by atoms with Gasteiger partial charge in [-0.2, -0.15) is 0 Å². The number of benzene rings is 2. The van der Waals surface area contributed by atoms with Crippen LogP contribution in [-0.4, -0.2) is 25.5 Å². The van der Waals surface area contributed by atoms with Crippen LogP contribution in [0.5, 0.6) is 5.75 Å². The molecule has 0 saturated heterocycles. The molecule has 0 spiro atoms. The molecule has 118 valence electrons. The molecule has 1 N–H and O–H groups in total. The van der Waals surface area contributed by atoms with Gasteiger partial charge in [0.1, 0.15) is 11.6 Å². The van der Waals surface area contributed by atoms with Gasteiger partial charge in [-0.15, -0.1) is 0 Å². The van der Waals surface area contributed by atoms with Crippen molar-refractivity contribution in [3.05, 3.63) is 53.8 Å². The zero-order valence-electron chi connectivity index (χ0n) is 12.5. The first-order valence-electron chi connectivity index (χ1n) is 7.10. The molecule has 0 radical (unpaired) electrons. The molecule has 2 aromatic carbocycles. The Morgan fingerprint density at radius 2 is 2.00 bits per heavy atom. The number of ether oxygens (including phenoxy) is 1. The topological polar surface area (TPSA) is 58.6 Å². The quantitative estimate of drug-likeness (QED) is 0.946. The van der Waals surface area contributed by atoms with Crippen molar-refractivity contribution in [1.29, 1.82) is 0 Å². The monoisotopic (exact) mass is 314 g/mol. The normalized spacial score (nSPS) is 13.3. The summed E-state index contributed by atoms with van der Waals surface area (Å²) in [4.78, 5) is 25.2. The van der Waals surface area contributed by atoms with Crippen LogP contribution in [0.15, 0.2) is 42.5 Å². The van der Waals surface area contributed by atoms with Crippen molar-refractivity contribution in [2.45, 2.75) is 6.42 Å². The van der Waals surface area contributed by atoms with E-state index in [-0.39, 0.29) is 30.7 Å². The Balaban J connectivity index is 1.71. The van der Waals surface area contributed by atoms with Gasteiger partial charge in [0.2, 0.25) is 5.91 Å². The van der Waals surface area contributed by atoms with Crippen LogP contribution < -0.4 is 15.0 Å². The minimum Gasteiger partial charge on any atom is -0.482 e. The largest absolute Gasteiger partial charge is 0.482 e. The number of nitrogens with zero attached hydrogens (tertiary/aromatic N) is 1. The second kappa shape index (κ2) is 6.08. The first kappa shape index (κ1) is 15.0. The van der Waals surface area contributed by atoms with Crippen LogP contribution in [0.3, 0.4) is 0 Å². The summed E-state index contributed by atoms with van der Waals surface area (Å²) in [6.45, 7) is 0.0217. The minimum atomic E-state index is -0.356. The van der Waals surface area contributed by atoms with Gasteiger partial charge < -0.3 is 15.0 Å². The number of carbonyl (C=O) groups excluding carboxylic acids is 2. The third-order valence-electron chi connectivity index (χ3n) is 3.60. The highest BCUT2D eigenvalue weighted by Crippen LogP contribution is 2.32. The molecule has 23 heavy (non-hydrogen) atoms. The van der Waals surface area contributed by atoms with Crippen LogP contribution in [0.4, 0.5) is 15.8 Å². The van der Waals surface area contributed by atoms with Crippen LogP contribution in [0.1, 0.15) is 5.56 Å². The van der Waals surface area contributed by atoms with Gasteiger partial charge in [-0.25, -0.2) is 4.39 Å². The van der Waals surface area contributed by atoms with Gasteiger partial charge in [-0.05, 0) is 42.0 Å². The third-order valence-corrected chi connectivity index (χ3v) is 3.60. The molecule has 0 aromatic heterocycles. The van der Waals surface area contributed by atoms with Crippen LogP contribution in [0, 0.1) is 5.82 Å². The second-order valence-electron chi connectivity index (χ2n) is 5.28. The number of carbonyl (C=O) groups is 2. The Morgan fingerprint density at radius 1 is 1.26 bits per heavy atom. The van der Waals surface area contributed by atoms with Gasteiger partial charge in [0, 0.05) is 12.7 Å². The predicted octanol–water partition coefficient (Wildman–Crippen LogP) is 2.36. The molecule has 0 saturated carbocycles. The van der Waals surface area contributed by atoms with Crippen LogP contribution in [-0.2, 0) is 16.0 Å². The van der Waals surface area contributed by atoms with Gasteiger partial charge in [0.25, 0.3) is 5.91 Å². The fourth-order valence-corrected chi connectivity index (χ4v) is 2.35. The Labute approximate surface area is 132 Å². The molecule has 0 atom stereocenters. The zero-order chi connectivity index (χ0) is 16.4. The van der Waals surface area contributed by atoms with E-state index in [1.165, 1.54) is 29.2 Å². The smallest absolute Gasteiger partial charge is 0.264 e. The fourth-order valence-electron chi connectivity index (χ4n) is 2.35. The first-order chi connectivity index (χ1) is 11.0. The Bertz CT molecular complexity index is 759. The minimum absolute atomic E-state index is 0.0217. The molecule has 1 aliphatic rings. The number of nitrogens with one attached hydrogen (secondary N) is 1. The second-order valence-corrected chi connectivity index (χ2v) is 5.28. The number of fused-ring (bicyclic) bond motifs is 1. The van der Waals surface area contributed by atoms with E-state index >= 15 is 0 Å². The maximum atomic E-state index is 12.8. The summed E-state index contributed by atoms with van der Waals surface area (Å²) in [5.74, 6) is -0.0899. The Morgan fingerprint density at radius 3 is 2.74 bits per heavy atom. The molecule has 0 bridgehead atoms. The molecule has 1 heterocycles. The maximum Gasteiger partial charge on any atom is 0.264 e. The van der Waals surface area contributed by atoms with E-state index in [9.17, 15) is 14.0 Å². The van der Waals surface area contributed by atoms with E-state index in [1.54, 1.807) is 25.2 Å². The van der Waals surface area contributed by atoms with E-state index in [4.69, 9.17) is 4.74 Å². The maximum absolute atomic E-state index is 12.8. The molecule has 0 aliphatic carbocycles. The molecule has 2 aromatic rings. The number of hydrogen-bond acceptors (Lipinski definition) is 3. The molecule has 1 aliphatic heterocycles. The summed E-state index contributed by atoms with van der Waals surface area (Å²) in [7, 11) is 1.67. The van der Waals surface area contributed by atoms with Crippen molar-refractivity contribution < 1.29 is 18.7 Å². The van der Waals surface area contributed by atoms with E-state index < -0.39 is 0 Å². The van der Waals surface area contributed by atoms with Gasteiger partial charge >= 0.3 is 0 Å². The van der Waals surface area contributed by atoms with E-state index in [0.717, 1.165) is 5.56 Å². The highest BCUT2D eigenvalue weighted by atomic mass is 19.1. The highest BCUT2D eigenvalue weighted by molar-refractivity contribution is 5.98. The lowest BCUT2D eigenvalue weighted by atomic mass is 10.1. The third kappa shape index (κ3) is 3.31. The number of likely N-dealkylation sites (N-methyl/N-ethyl adjacent to an activating group) is 1. The van der Waals surface area contributed by atoms with E-state index in [0.29, 0.717) is 17.1 Å². The summed E-state index contributed by atoms with van der Waals surface area (Å²) in [6, 6.07) is 10.9. The SMILES string of the molecule is CN1C(=O)COc2ccc(CC(=O)Nc3ccc(F)cc3)cc21. The summed E-state index contributed by atoms with van der Waals surface area (Å²) >= 11 is 0. The zero-order valence-corrected chi connectivity index (χ0v) is 12.5. The first-order valence-corrected chi connectivity index (χ1v) is 7.10. The number of rotatable bonds is 3. The average molecular weight is 314 g/mol. The van der Waals surface area contributed by atoms with Crippen LogP contribution in [0.2, 0.25) is 0 Å². The lowest BCUT2D eigenvalue weighted by Crippen LogP contribution is -2.35. The summed E-state index contributed by atoms with van der Waals surface area (Å²) in [5, 5.41) is 2.70. The number of anilines is 2. The van der Waals surface area contributed by atoms with Crippen molar-refractivity contribution in [1.82, 2.24) is 0 Å².